The quantitative estimate of drug-likeness (QED) is 0.748. The summed E-state index contributed by atoms with van der Waals surface area (Å²) in [6.45, 7) is 1.15. The summed E-state index contributed by atoms with van der Waals surface area (Å²) in [5.41, 5.74) is -2.91. The number of nitrogens with zero attached hydrogens (tertiary/aromatic N) is 1. The lowest BCUT2D eigenvalue weighted by Gasteiger charge is -2.12. The van der Waals surface area contributed by atoms with Crippen molar-refractivity contribution in [2.24, 2.45) is 0 Å². The van der Waals surface area contributed by atoms with Crippen molar-refractivity contribution in [1.82, 2.24) is 4.98 Å². The van der Waals surface area contributed by atoms with Gasteiger partial charge in [-0.05, 0) is 12.5 Å². The molecular formula is C8H6F5NO. The Morgan fingerprint density at radius 1 is 1.33 bits per heavy atom. The molecule has 15 heavy (non-hydrogen) atoms. The average molecular weight is 227 g/mol. The van der Waals surface area contributed by atoms with Crippen LogP contribution in [0.15, 0.2) is 6.20 Å². The zero-order chi connectivity index (χ0) is 11.8. The lowest BCUT2D eigenvalue weighted by molar-refractivity contribution is -0.142. The van der Waals surface area contributed by atoms with E-state index in [0.29, 0.717) is 6.20 Å². The summed E-state index contributed by atoms with van der Waals surface area (Å²) in [6.07, 6.45) is -7.46. The Hall–Kier alpha value is -1.40. The van der Waals surface area contributed by atoms with Crippen LogP contribution in [-0.4, -0.2) is 10.1 Å². The van der Waals surface area contributed by atoms with E-state index in [4.69, 9.17) is 5.11 Å². The number of hydrogen-bond acceptors (Lipinski definition) is 2. The van der Waals surface area contributed by atoms with Crippen LogP contribution in [-0.2, 0) is 6.18 Å². The van der Waals surface area contributed by atoms with Gasteiger partial charge in [0.15, 0.2) is 11.4 Å². The van der Waals surface area contributed by atoms with Gasteiger partial charge in [-0.3, -0.25) is 0 Å². The number of halogens is 5. The van der Waals surface area contributed by atoms with Crippen molar-refractivity contribution < 1.29 is 27.1 Å². The predicted molar refractivity (Wildman–Crippen MR) is 40.6 cm³/mol. The molecule has 0 saturated carbocycles. The van der Waals surface area contributed by atoms with Gasteiger partial charge < -0.3 is 5.11 Å². The lowest BCUT2D eigenvalue weighted by Crippen LogP contribution is -2.10. The first-order valence-electron chi connectivity index (χ1n) is 3.79. The van der Waals surface area contributed by atoms with E-state index in [9.17, 15) is 22.0 Å². The molecule has 0 unspecified atom stereocenters. The van der Waals surface area contributed by atoms with Crippen LogP contribution in [0.4, 0.5) is 22.0 Å². The molecule has 0 spiro atoms. The van der Waals surface area contributed by atoms with Crippen molar-refractivity contribution in [2.45, 2.75) is 19.5 Å². The summed E-state index contributed by atoms with van der Waals surface area (Å²) in [5.74, 6) is -1.50. The topological polar surface area (TPSA) is 33.1 Å². The predicted octanol–water partition coefficient (Wildman–Crippen LogP) is 3.05. The van der Waals surface area contributed by atoms with Crippen LogP contribution in [0.2, 0.25) is 0 Å². The molecule has 0 radical (unpaired) electrons. The molecule has 0 saturated heterocycles. The Morgan fingerprint density at radius 2 is 1.87 bits per heavy atom. The maximum Gasteiger partial charge on any atom is 0.437 e. The van der Waals surface area contributed by atoms with E-state index in [-0.39, 0.29) is 5.56 Å². The molecule has 84 valence electrons. The lowest BCUT2D eigenvalue weighted by atomic mass is 10.1. The normalized spacial score (nSPS) is 12.2. The Labute approximate surface area is 81.4 Å². The van der Waals surface area contributed by atoms with Crippen molar-refractivity contribution in [3.8, 4) is 5.75 Å². The number of pyridine rings is 1. The second kappa shape index (κ2) is 3.63. The number of aryl methyl sites for hydroxylation is 1. The first kappa shape index (κ1) is 11.7. The second-order valence-electron chi connectivity index (χ2n) is 2.85. The van der Waals surface area contributed by atoms with E-state index in [0.717, 1.165) is 6.92 Å². The number of hydrogen-bond donors (Lipinski definition) is 1. The number of alkyl halides is 5. The van der Waals surface area contributed by atoms with Crippen LogP contribution in [0.1, 0.15) is 23.2 Å². The average Bonchev–Trinajstić information content (AvgIpc) is 2.00. The Morgan fingerprint density at radius 3 is 2.27 bits per heavy atom. The molecule has 0 aliphatic carbocycles. The Bertz CT molecular complexity index is 374. The third-order valence-electron chi connectivity index (χ3n) is 1.78. The maximum atomic E-state index is 12.3. The zero-order valence-corrected chi connectivity index (χ0v) is 7.44. The van der Waals surface area contributed by atoms with Gasteiger partial charge >= 0.3 is 6.18 Å². The van der Waals surface area contributed by atoms with Crippen molar-refractivity contribution in [1.29, 1.82) is 0 Å². The molecule has 1 heterocycles. The number of aromatic nitrogens is 1. The fraction of sp³-hybridized carbons (Fsp3) is 0.375. The fourth-order valence-corrected chi connectivity index (χ4v) is 1.09. The van der Waals surface area contributed by atoms with Gasteiger partial charge in [0, 0.05) is 6.20 Å². The van der Waals surface area contributed by atoms with Gasteiger partial charge in [0.1, 0.15) is 0 Å². The molecule has 2 nitrogen and oxygen atoms in total. The zero-order valence-electron chi connectivity index (χ0n) is 7.44. The first-order valence-corrected chi connectivity index (χ1v) is 3.79. The highest BCUT2D eigenvalue weighted by atomic mass is 19.4. The summed E-state index contributed by atoms with van der Waals surface area (Å²) >= 11 is 0. The highest BCUT2D eigenvalue weighted by Crippen LogP contribution is 2.40. The third kappa shape index (κ3) is 2.16. The molecule has 1 aromatic rings. The van der Waals surface area contributed by atoms with Crippen LogP contribution in [0.3, 0.4) is 0 Å². The molecule has 0 bridgehead atoms. The van der Waals surface area contributed by atoms with Crippen molar-refractivity contribution in [3.63, 3.8) is 0 Å². The second-order valence-corrected chi connectivity index (χ2v) is 2.85. The van der Waals surface area contributed by atoms with E-state index in [1.165, 1.54) is 0 Å². The van der Waals surface area contributed by atoms with Crippen LogP contribution in [0.25, 0.3) is 0 Å². The molecular weight excluding hydrogens is 221 g/mol. The van der Waals surface area contributed by atoms with E-state index in [1.807, 2.05) is 0 Å². The number of rotatable bonds is 1. The molecule has 0 aliphatic heterocycles. The molecule has 0 aliphatic rings. The Balaban J connectivity index is 3.42. The number of aromatic hydroxyl groups is 1. The molecule has 0 atom stereocenters. The minimum Gasteiger partial charge on any atom is -0.505 e. The van der Waals surface area contributed by atoms with E-state index >= 15 is 0 Å². The summed E-state index contributed by atoms with van der Waals surface area (Å²) in [5, 5.41) is 9.01. The largest absolute Gasteiger partial charge is 0.505 e. The van der Waals surface area contributed by atoms with Crippen molar-refractivity contribution in [2.75, 3.05) is 0 Å². The van der Waals surface area contributed by atoms with Crippen molar-refractivity contribution >= 4 is 0 Å². The van der Waals surface area contributed by atoms with Gasteiger partial charge in [-0.1, -0.05) is 0 Å². The molecule has 7 heteroatoms. The molecule has 0 amide bonds. The van der Waals surface area contributed by atoms with Crippen LogP contribution < -0.4 is 0 Å². The van der Waals surface area contributed by atoms with Gasteiger partial charge in [0.25, 0.3) is 6.43 Å². The van der Waals surface area contributed by atoms with E-state index in [2.05, 4.69) is 4.98 Å². The van der Waals surface area contributed by atoms with Crippen LogP contribution in [0.5, 0.6) is 5.75 Å². The molecule has 1 rings (SSSR count). The maximum absolute atomic E-state index is 12.3. The monoisotopic (exact) mass is 227 g/mol. The highest BCUT2D eigenvalue weighted by molar-refractivity contribution is 5.42. The minimum absolute atomic E-state index is 0.185. The van der Waals surface area contributed by atoms with Gasteiger partial charge in [0.2, 0.25) is 0 Å². The van der Waals surface area contributed by atoms with Crippen LogP contribution >= 0.6 is 0 Å². The van der Waals surface area contributed by atoms with Crippen molar-refractivity contribution in [3.05, 3.63) is 23.0 Å². The smallest absolute Gasteiger partial charge is 0.437 e. The summed E-state index contributed by atoms with van der Waals surface area (Å²) < 4.78 is 61.1. The standard InChI is InChI=1S/C8H6F5NO/c1-3-2-14-6(8(11,12)13)5(15)4(3)7(9)10/h2,7,15H,1H3. The first-order chi connectivity index (χ1) is 6.75. The Kier molecular flexibility index (Phi) is 2.83. The highest BCUT2D eigenvalue weighted by Gasteiger charge is 2.38. The summed E-state index contributed by atoms with van der Waals surface area (Å²) in [4.78, 5) is 2.88. The van der Waals surface area contributed by atoms with Gasteiger partial charge in [-0.15, -0.1) is 0 Å². The summed E-state index contributed by atoms with van der Waals surface area (Å²) in [7, 11) is 0. The fourth-order valence-electron chi connectivity index (χ4n) is 1.09. The molecule has 0 fully saturated rings. The minimum atomic E-state index is -4.94. The van der Waals surface area contributed by atoms with Gasteiger partial charge in [0.05, 0.1) is 5.56 Å². The SMILES string of the molecule is Cc1cnc(C(F)(F)F)c(O)c1C(F)F. The van der Waals surface area contributed by atoms with Crippen LogP contribution in [0, 0.1) is 6.92 Å². The van der Waals surface area contributed by atoms with E-state index < -0.39 is 29.6 Å². The molecule has 0 aromatic carbocycles. The third-order valence-corrected chi connectivity index (χ3v) is 1.78. The van der Waals surface area contributed by atoms with Gasteiger partial charge in [-0.25, -0.2) is 13.8 Å². The molecule has 1 N–H and O–H groups in total. The van der Waals surface area contributed by atoms with E-state index in [1.54, 1.807) is 0 Å². The molecule has 1 aromatic heterocycles. The van der Waals surface area contributed by atoms with Gasteiger partial charge in [-0.2, -0.15) is 13.2 Å². The summed E-state index contributed by atoms with van der Waals surface area (Å²) in [6, 6.07) is 0.